The number of ether oxygens (including phenoxy) is 1. The standard InChI is InChI=1S/C22H45N5O2.HI/c1-8-26(9-2)14-10-12-18(3)25-20(23-7)24-16-19-13-11-15-27(17-19)21(28)29-22(4,5)6;/h18-19H,8-17H2,1-7H3,(H2,23,24,25);1H. The number of aliphatic imine (C=N–C) groups is 1. The van der Waals surface area contributed by atoms with Crippen LogP contribution in [0.4, 0.5) is 4.79 Å². The first-order chi connectivity index (χ1) is 13.7. The van der Waals surface area contributed by atoms with E-state index in [9.17, 15) is 4.79 Å². The zero-order valence-electron chi connectivity index (χ0n) is 20.3. The molecule has 1 rings (SSSR count). The summed E-state index contributed by atoms with van der Waals surface area (Å²) in [6.07, 6.45) is 4.22. The number of nitrogens with zero attached hydrogens (tertiary/aromatic N) is 3. The number of hydrogen-bond acceptors (Lipinski definition) is 4. The van der Waals surface area contributed by atoms with Gasteiger partial charge in [-0.2, -0.15) is 0 Å². The lowest BCUT2D eigenvalue weighted by molar-refractivity contribution is 0.0168. The number of carbonyl (C=O) groups excluding carboxylic acids is 1. The van der Waals surface area contributed by atoms with E-state index in [1.807, 2.05) is 32.7 Å². The van der Waals surface area contributed by atoms with Crippen molar-refractivity contribution in [3.8, 4) is 0 Å². The fourth-order valence-electron chi connectivity index (χ4n) is 3.63. The van der Waals surface area contributed by atoms with Crippen LogP contribution in [0.1, 0.15) is 67.2 Å². The molecule has 1 amide bonds. The Morgan fingerprint density at radius 2 is 1.97 bits per heavy atom. The summed E-state index contributed by atoms with van der Waals surface area (Å²) in [6, 6.07) is 0.376. The lowest BCUT2D eigenvalue weighted by Crippen LogP contribution is -2.48. The molecule has 1 fully saturated rings. The van der Waals surface area contributed by atoms with Crippen LogP contribution in [-0.2, 0) is 4.74 Å². The minimum Gasteiger partial charge on any atom is -0.444 e. The van der Waals surface area contributed by atoms with Gasteiger partial charge in [0.25, 0.3) is 0 Å². The Bertz CT molecular complexity index is 506. The number of likely N-dealkylation sites (tertiary alicyclic amines) is 1. The highest BCUT2D eigenvalue weighted by molar-refractivity contribution is 14.0. The van der Waals surface area contributed by atoms with Gasteiger partial charge in [0, 0.05) is 32.7 Å². The third kappa shape index (κ3) is 12.2. The van der Waals surface area contributed by atoms with Crippen molar-refractivity contribution in [2.75, 3.05) is 46.3 Å². The maximum Gasteiger partial charge on any atom is 0.410 e. The number of rotatable bonds is 9. The SMILES string of the molecule is CCN(CC)CCCC(C)NC(=NC)NCC1CCCN(C(=O)OC(C)(C)C)C1.I. The van der Waals surface area contributed by atoms with Crippen LogP contribution in [0.3, 0.4) is 0 Å². The lowest BCUT2D eigenvalue weighted by atomic mass is 9.98. The molecule has 0 radical (unpaired) electrons. The molecule has 2 atom stereocenters. The molecule has 7 nitrogen and oxygen atoms in total. The van der Waals surface area contributed by atoms with Gasteiger partial charge in [-0.15, -0.1) is 24.0 Å². The fraction of sp³-hybridized carbons (Fsp3) is 0.909. The first-order valence-electron chi connectivity index (χ1n) is 11.4. The molecule has 0 bridgehead atoms. The van der Waals surface area contributed by atoms with Crippen molar-refractivity contribution in [1.82, 2.24) is 20.4 Å². The zero-order valence-corrected chi connectivity index (χ0v) is 22.6. The Morgan fingerprint density at radius 1 is 1.30 bits per heavy atom. The second-order valence-corrected chi connectivity index (χ2v) is 9.10. The summed E-state index contributed by atoms with van der Waals surface area (Å²) in [7, 11) is 1.81. The molecular formula is C22H46IN5O2. The minimum atomic E-state index is -0.449. The molecule has 0 saturated carbocycles. The van der Waals surface area contributed by atoms with Crippen molar-refractivity contribution in [3.63, 3.8) is 0 Å². The van der Waals surface area contributed by atoms with E-state index in [4.69, 9.17) is 4.74 Å². The highest BCUT2D eigenvalue weighted by Gasteiger charge is 2.27. The average Bonchev–Trinajstić information content (AvgIpc) is 2.67. The predicted molar refractivity (Wildman–Crippen MR) is 137 cm³/mol. The van der Waals surface area contributed by atoms with E-state index in [0.29, 0.717) is 12.0 Å². The Morgan fingerprint density at radius 3 is 2.53 bits per heavy atom. The quantitative estimate of drug-likeness (QED) is 0.264. The maximum atomic E-state index is 12.3. The molecular weight excluding hydrogens is 493 g/mol. The zero-order chi connectivity index (χ0) is 21.9. The summed E-state index contributed by atoms with van der Waals surface area (Å²) in [5.41, 5.74) is -0.449. The Hall–Kier alpha value is -0.770. The molecule has 1 saturated heterocycles. The molecule has 0 aromatic rings. The monoisotopic (exact) mass is 539 g/mol. The smallest absolute Gasteiger partial charge is 0.410 e. The lowest BCUT2D eigenvalue weighted by Gasteiger charge is -2.34. The van der Waals surface area contributed by atoms with E-state index in [1.54, 1.807) is 0 Å². The molecule has 2 N–H and O–H groups in total. The third-order valence-electron chi connectivity index (χ3n) is 5.34. The molecule has 178 valence electrons. The maximum absolute atomic E-state index is 12.3. The van der Waals surface area contributed by atoms with Crippen molar-refractivity contribution < 1.29 is 9.53 Å². The second-order valence-electron chi connectivity index (χ2n) is 9.10. The number of nitrogens with one attached hydrogen (secondary N) is 2. The molecule has 1 aliphatic rings. The number of halogens is 1. The molecule has 2 unspecified atom stereocenters. The summed E-state index contributed by atoms with van der Waals surface area (Å²) in [4.78, 5) is 21.0. The van der Waals surface area contributed by atoms with Crippen LogP contribution in [0.5, 0.6) is 0 Å². The Labute approximate surface area is 201 Å². The van der Waals surface area contributed by atoms with E-state index < -0.39 is 5.60 Å². The van der Waals surface area contributed by atoms with Gasteiger partial charge in [-0.25, -0.2) is 4.79 Å². The summed E-state index contributed by atoms with van der Waals surface area (Å²) in [6.45, 7) is 18.1. The number of carbonyl (C=O) groups is 1. The van der Waals surface area contributed by atoms with Crippen LogP contribution in [0, 0.1) is 5.92 Å². The first kappa shape index (κ1) is 29.2. The van der Waals surface area contributed by atoms with E-state index in [2.05, 4.69) is 41.3 Å². The molecule has 0 spiro atoms. The van der Waals surface area contributed by atoms with Crippen LogP contribution in [0.25, 0.3) is 0 Å². The largest absolute Gasteiger partial charge is 0.444 e. The molecule has 0 aromatic carbocycles. The molecule has 1 heterocycles. The summed E-state index contributed by atoms with van der Waals surface area (Å²) in [5, 5.41) is 6.95. The van der Waals surface area contributed by atoms with Crippen LogP contribution in [-0.4, -0.2) is 79.8 Å². The van der Waals surface area contributed by atoms with Gasteiger partial charge in [-0.05, 0) is 78.9 Å². The normalized spacial score (nSPS) is 18.6. The third-order valence-corrected chi connectivity index (χ3v) is 5.34. The van der Waals surface area contributed by atoms with Gasteiger partial charge >= 0.3 is 6.09 Å². The van der Waals surface area contributed by atoms with Gasteiger partial charge in [0.05, 0.1) is 0 Å². The molecule has 30 heavy (non-hydrogen) atoms. The van der Waals surface area contributed by atoms with Gasteiger partial charge in [-0.3, -0.25) is 4.99 Å². The van der Waals surface area contributed by atoms with E-state index in [1.165, 1.54) is 6.42 Å². The number of hydrogen-bond donors (Lipinski definition) is 2. The first-order valence-corrected chi connectivity index (χ1v) is 11.4. The van der Waals surface area contributed by atoms with Crippen molar-refractivity contribution in [1.29, 1.82) is 0 Å². The van der Waals surface area contributed by atoms with Crippen molar-refractivity contribution in [2.24, 2.45) is 10.9 Å². The molecule has 0 aliphatic carbocycles. The highest BCUT2D eigenvalue weighted by Crippen LogP contribution is 2.18. The second kappa shape index (κ2) is 15.1. The van der Waals surface area contributed by atoms with Gasteiger partial charge in [0.1, 0.15) is 5.60 Å². The fourth-order valence-corrected chi connectivity index (χ4v) is 3.63. The van der Waals surface area contributed by atoms with Crippen molar-refractivity contribution in [3.05, 3.63) is 0 Å². The Balaban J connectivity index is 0.00000841. The number of guanidine groups is 1. The molecule has 0 aromatic heterocycles. The minimum absolute atomic E-state index is 0. The van der Waals surface area contributed by atoms with Crippen LogP contribution in [0.2, 0.25) is 0 Å². The van der Waals surface area contributed by atoms with Gasteiger partial charge in [0.15, 0.2) is 5.96 Å². The summed E-state index contributed by atoms with van der Waals surface area (Å²) >= 11 is 0. The van der Waals surface area contributed by atoms with Crippen molar-refractivity contribution >= 4 is 36.0 Å². The van der Waals surface area contributed by atoms with Gasteiger partial charge in [0.2, 0.25) is 0 Å². The van der Waals surface area contributed by atoms with Crippen LogP contribution in [0.15, 0.2) is 4.99 Å². The van der Waals surface area contributed by atoms with Crippen LogP contribution >= 0.6 is 24.0 Å². The molecule has 1 aliphatic heterocycles. The average molecular weight is 540 g/mol. The summed E-state index contributed by atoms with van der Waals surface area (Å²) < 4.78 is 5.52. The highest BCUT2D eigenvalue weighted by atomic mass is 127. The van der Waals surface area contributed by atoms with E-state index in [0.717, 1.165) is 64.5 Å². The topological polar surface area (TPSA) is 69.2 Å². The summed E-state index contributed by atoms with van der Waals surface area (Å²) in [5.74, 6) is 1.25. The Kier molecular flexibility index (Phi) is 14.7. The van der Waals surface area contributed by atoms with E-state index in [-0.39, 0.29) is 30.1 Å². The predicted octanol–water partition coefficient (Wildman–Crippen LogP) is 3.93. The molecule has 8 heteroatoms. The van der Waals surface area contributed by atoms with E-state index >= 15 is 0 Å². The van der Waals surface area contributed by atoms with Gasteiger partial charge < -0.3 is 25.2 Å². The van der Waals surface area contributed by atoms with Crippen molar-refractivity contribution in [2.45, 2.75) is 78.9 Å². The van der Waals surface area contributed by atoms with Crippen LogP contribution < -0.4 is 10.6 Å². The number of amides is 1. The number of piperidine rings is 1. The van der Waals surface area contributed by atoms with Gasteiger partial charge in [-0.1, -0.05) is 13.8 Å².